The molecule has 24 heavy (non-hydrogen) atoms. The third-order valence-electron chi connectivity index (χ3n) is 4.02. The fraction of sp³-hybridized carbons (Fsp3) is 0.211. The number of amides is 3. The lowest BCUT2D eigenvalue weighted by atomic mass is 10.1. The second-order valence-electron chi connectivity index (χ2n) is 5.89. The van der Waals surface area contributed by atoms with Crippen LogP contribution in [0.4, 0.5) is 5.69 Å². The van der Waals surface area contributed by atoms with Gasteiger partial charge in [-0.25, -0.2) is 0 Å². The third kappa shape index (κ3) is 3.51. The van der Waals surface area contributed by atoms with Crippen molar-refractivity contribution in [2.24, 2.45) is 0 Å². The van der Waals surface area contributed by atoms with Gasteiger partial charge in [0.15, 0.2) is 0 Å². The number of hydrogen-bond acceptors (Lipinski definition) is 3. The topological polar surface area (TPSA) is 66.5 Å². The lowest BCUT2D eigenvalue weighted by Crippen LogP contribution is -2.28. The summed E-state index contributed by atoms with van der Waals surface area (Å²) in [5, 5.41) is 2.83. The molecule has 0 aromatic heterocycles. The Morgan fingerprint density at radius 1 is 0.958 bits per heavy atom. The molecule has 1 saturated heterocycles. The molecule has 0 atom stereocenters. The quantitative estimate of drug-likeness (QED) is 0.880. The molecule has 0 saturated carbocycles. The van der Waals surface area contributed by atoms with E-state index in [1.807, 2.05) is 31.2 Å². The Morgan fingerprint density at radius 2 is 1.54 bits per heavy atom. The number of anilines is 1. The summed E-state index contributed by atoms with van der Waals surface area (Å²) in [6.07, 6.45) is 0.575. The van der Waals surface area contributed by atoms with Crippen molar-refractivity contribution in [3.05, 3.63) is 65.2 Å². The molecule has 1 N–H and O–H groups in total. The average Bonchev–Trinajstić information content (AvgIpc) is 2.89. The Bertz CT molecular complexity index is 763. The van der Waals surface area contributed by atoms with Crippen LogP contribution >= 0.6 is 0 Å². The van der Waals surface area contributed by atoms with E-state index in [0.29, 0.717) is 5.56 Å². The normalized spacial score (nSPS) is 14.1. The predicted octanol–water partition coefficient (Wildman–Crippen LogP) is 2.90. The first-order valence-electron chi connectivity index (χ1n) is 7.83. The van der Waals surface area contributed by atoms with Crippen LogP contribution in [0.15, 0.2) is 48.5 Å². The average molecular weight is 322 g/mol. The fourth-order valence-electron chi connectivity index (χ4n) is 2.58. The molecule has 0 spiro atoms. The Hall–Kier alpha value is -2.95. The molecule has 0 radical (unpaired) electrons. The SMILES string of the molecule is Cc1ccc(NC(=O)c2ccc(CN3C(=O)CCC3=O)cc2)cc1. The molecule has 3 amide bonds. The number of benzene rings is 2. The maximum atomic E-state index is 12.2. The first-order valence-corrected chi connectivity index (χ1v) is 7.83. The molecule has 1 heterocycles. The second kappa shape index (κ2) is 6.66. The van der Waals surface area contributed by atoms with Gasteiger partial charge in [0.05, 0.1) is 6.54 Å². The van der Waals surface area contributed by atoms with Crippen LogP contribution < -0.4 is 5.32 Å². The van der Waals surface area contributed by atoms with E-state index in [9.17, 15) is 14.4 Å². The smallest absolute Gasteiger partial charge is 0.255 e. The number of carbonyl (C=O) groups excluding carboxylic acids is 3. The lowest BCUT2D eigenvalue weighted by Gasteiger charge is -2.14. The number of rotatable bonds is 4. The van der Waals surface area contributed by atoms with Crippen molar-refractivity contribution in [1.82, 2.24) is 4.90 Å². The lowest BCUT2D eigenvalue weighted by molar-refractivity contribution is -0.139. The molecule has 0 aliphatic carbocycles. The van der Waals surface area contributed by atoms with E-state index >= 15 is 0 Å². The van der Waals surface area contributed by atoms with E-state index in [1.165, 1.54) is 4.90 Å². The summed E-state index contributed by atoms with van der Waals surface area (Å²) < 4.78 is 0. The molecule has 1 fully saturated rings. The standard InChI is InChI=1S/C19H18N2O3/c1-13-2-8-16(9-3-13)20-19(24)15-6-4-14(5-7-15)12-21-17(22)10-11-18(21)23/h2-9H,10-12H2,1H3,(H,20,24). The predicted molar refractivity (Wildman–Crippen MR) is 90.4 cm³/mol. The van der Waals surface area contributed by atoms with Crippen molar-refractivity contribution >= 4 is 23.4 Å². The number of nitrogens with one attached hydrogen (secondary N) is 1. The van der Waals surface area contributed by atoms with Gasteiger partial charge >= 0.3 is 0 Å². The molecule has 5 nitrogen and oxygen atoms in total. The largest absolute Gasteiger partial charge is 0.322 e. The highest BCUT2D eigenvalue weighted by Crippen LogP contribution is 2.17. The number of nitrogens with zero attached hydrogens (tertiary/aromatic N) is 1. The molecule has 0 unspecified atom stereocenters. The van der Waals surface area contributed by atoms with Crippen molar-refractivity contribution in [2.75, 3.05) is 5.32 Å². The van der Waals surface area contributed by atoms with Crippen LogP contribution in [0.5, 0.6) is 0 Å². The first kappa shape index (κ1) is 15.9. The van der Waals surface area contributed by atoms with Gasteiger partial charge in [0.25, 0.3) is 5.91 Å². The summed E-state index contributed by atoms with van der Waals surface area (Å²) in [6, 6.07) is 14.5. The molecule has 1 aliphatic heterocycles. The van der Waals surface area contributed by atoms with Crippen molar-refractivity contribution in [3.63, 3.8) is 0 Å². The van der Waals surface area contributed by atoms with E-state index in [4.69, 9.17) is 0 Å². The molecular weight excluding hydrogens is 304 g/mol. The Morgan fingerprint density at radius 3 is 2.12 bits per heavy atom. The van der Waals surface area contributed by atoms with E-state index in [-0.39, 0.29) is 37.1 Å². The number of carbonyl (C=O) groups is 3. The van der Waals surface area contributed by atoms with E-state index < -0.39 is 0 Å². The van der Waals surface area contributed by atoms with Crippen LogP contribution in [0, 0.1) is 6.92 Å². The monoisotopic (exact) mass is 322 g/mol. The van der Waals surface area contributed by atoms with Crippen molar-refractivity contribution in [1.29, 1.82) is 0 Å². The zero-order chi connectivity index (χ0) is 17.1. The molecule has 1 aliphatic rings. The minimum absolute atomic E-state index is 0.138. The summed E-state index contributed by atoms with van der Waals surface area (Å²) in [5.74, 6) is -0.471. The maximum absolute atomic E-state index is 12.2. The van der Waals surface area contributed by atoms with Crippen molar-refractivity contribution < 1.29 is 14.4 Å². The molecular formula is C19H18N2O3. The van der Waals surface area contributed by atoms with Gasteiger partial charge in [0.2, 0.25) is 11.8 Å². The third-order valence-corrected chi connectivity index (χ3v) is 4.02. The van der Waals surface area contributed by atoms with Gasteiger partial charge < -0.3 is 5.32 Å². The zero-order valence-electron chi connectivity index (χ0n) is 13.4. The molecule has 3 rings (SSSR count). The van der Waals surface area contributed by atoms with Gasteiger partial charge in [-0.3, -0.25) is 19.3 Å². The first-order chi connectivity index (χ1) is 11.5. The molecule has 2 aromatic rings. The highest BCUT2D eigenvalue weighted by Gasteiger charge is 2.28. The van der Waals surface area contributed by atoms with Gasteiger partial charge in [0.1, 0.15) is 0 Å². The Kier molecular flexibility index (Phi) is 4.42. The second-order valence-corrected chi connectivity index (χ2v) is 5.89. The van der Waals surface area contributed by atoms with E-state index in [2.05, 4.69) is 5.32 Å². The molecule has 122 valence electrons. The summed E-state index contributed by atoms with van der Waals surface area (Å²) in [4.78, 5) is 36.8. The van der Waals surface area contributed by atoms with Crippen LogP contribution in [0.1, 0.15) is 34.3 Å². The number of imide groups is 1. The molecule has 5 heteroatoms. The summed E-state index contributed by atoms with van der Waals surface area (Å²) in [6.45, 7) is 2.25. The maximum Gasteiger partial charge on any atom is 0.255 e. The van der Waals surface area contributed by atoms with Crippen LogP contribution in [0.3, 0.4) is 0 Å². The summed E-state index contributed by atoms with van der Waals surface area (Å²) >= 11 is 0. The van der Waals surface area contributed by atoms with Crippen molar-refractivity contribution in [2.45, 2.75) is 26.3 Å². The van der Waals surface area contributed by atoms with Gasteiger partial charge in [0, 0.05) is 24.1 Å². The van der Waals surface area contributed by atoms with Crippen LogP contribution in [-0.4, -0.2) is 22.6 Å². The van der Waals surface area contributed by atoms with Gasteiger partial charge in [-0.1, -0.05) is 29.8 Å². The number of aryl methyl sites for hydroxylation is 1. The van der Waals surface area contributed by atoms with Crippen LogP contribution in [-0.2, 0) is 16.1 Å². The fourth-order valence-corrected chi connectivity index (χ4v) is 2.58. The van der Waals surface area contributed by atoms with Crippen LogP contribution in [0.25, 0.3) is 0 Å². The van der Waals surface area contributed by atoms with Crippen LogP contribution in [0.2, 0.25) is 0 Å². The van der Waals surface area contributed by atoms with Crippen molar-refractivity contribution in [3.8, 4) is 0 Å². The zero-order valence-corrected chi connectivity index (χ0v) is 13.4. The highest BCUT2D eigenvalue weighted by atomic mass is 16.2. The van der Waals surface area contributed by atoms with E-state index in [0.717, 1.165) is 16.8 Å². The van der Waals surface area contributed by atoms with Gasteiger partial charge in [-0.05, 0) is 36.8 Å². The Balaban J connectivity index is 1.65. The van der Waals surface area contributed by atoms with Gasteiger partial charge in [-0.2, -0.15) is 0 Å². The molecule has 2 aromatic carbocycles. The highest BCUT2D eigenvalue weighted by molar-refractivity contribution is 6.04. The number of hydrogen-bond donors (Lipinski definition) is 1. The summed E-state index contributed by atoms with van der Waals surface area (Å²) in [7, 11) is 0. The summed E-state index contributed by atoms with van der Waals surface area (Å²) in [5.41, 5.74) is 3.22. The minimum Gasteiger partial charge on any atom is -0.322 e. The van der Waals surface area contributed by atoms with E-state index in [1.54, 1.807) is 24.3 Å². The Labute approximate surface area is 140 Å². The number of likely N-dealkylation sites (tertiary alicyclic amines) is 1. The molecule has 0 bridgehead atoms. The van der Waals surface area contributed by atoms with Gasteiger partial charge in [-0.15, -0.1) is 0 Å². The minimum atomic E-state index is -0.196.